The van der Waals surface area contributed by atoms with Crippen LogP contribution in [0, 0.1) is 0 Å². The minimum absolute atomic E-state index is 0.146. The summed E-state index contributed by atoms with van der Waals surface area (Å²) in [6.45, 7) is 0. The predicted molar refractivity (Wildman–Crippen MR) is 57.7 cm³/mol. The van der Waals surface area contributed by atoms with E-state index in [1.807, 2.05) is 24.3 Å². The van der Waals surface area contributed by atoms with E-state index in [4.69, 9.17) is 23.2 Å². The zero-order valence-corrected chi connectivity index (χ0v) is 8.72. The summed E-state index contributed by atoms with van der Waals surface area (Å²) in [5, 5.41) is 0.146. The van der Waals surface area contributed by atoms with Crippen LogP contribution in [0.5, 0.6) is 0 Å². The van der Waals surface area contributed by atoms with Crippen molar-refractivity contribution in [2.24, 2.45) is 4.99 Å². The highest BCUT2D eigenvalue weighted by atomic mass is 35.5. The lowest BCUT2D eigenvalue weighted by atomic mass is 9.96. The maximum absolute atomic E-state index is 10.8. The van der Waals surface area contributed by atoms with E-state index in [2.05, 4.69) is 4.99 Å². The summed E-state index contributed by atoms with van der Waals surface area (Å²) in [4.78, 5) is 13.7. The molecule has 2 nitrogen and oxygen atoms in total. The average molecular weight is 228 g/mol. The van der Waals surface area contributed by atoms with Gasteiger partial charge in [-0.05, 0) is 11.6 Å². The third kappa shape index (κ3) is 1.45. The Kier molecular flexibility index (Phi) is 2.33. The molecule has 0 aromatic heterocycles. The first-order valence-electron chi connectivity index (χ1n) is 4.13. The number of hydrogen-bond acceptors (Lipinski definition) is 2. The number of benzene rings is 1. The largest absolute Gasteiger partial charge is 0.301 e. The van der Waals surface area contributed by atoms with Gasteiger partial charge in [-0.2, -0.15) is 0 Å². The fourth-order valence-electron chi connectivity index (χ4n) is 1.41. The molecule has 0 saturated carbocycles. The van der Waals surface area contributed by atoms with Crippen molar-refractivity contribution < 1.29 is 4.79 Å². The van der Waals surface area contributed by atoms with Crippen molar-refractivity contribution in [3.63, 3.8) is 0 Å². The molecule has 1 aliphatic rings. The van der Waals surface area contributed by atoms with Gasteiger partial charge in [0.05, 0.1) is 5.69 Å². The number of para-hydroxylation sites is 1. The number of carbonyl (C=O) groups excluding carboxylic acids is 1. The second-order valence-corrected chi connectivity index (χ2v) is 4.22. The minimum atomic E-state index is -1.17. The highest BCUT2D eigenvalue weighted by Gasteiger charge is 2.36. The number of carbonyl (C=O) groups is 1. The van der Waals surface area contributed by atoms with Crippen LogP contribution in [0.1, 0.15) is 5.56 Å². The van der Waals surface area contributed by atoms with Crippen molar-refractivity contribution in [3.05, 3.63) is 29.8 Å². The Labute approximate surface area is 91.5 Å². The molecule has 4 heteroatoms. The molecule has 2 rings (SSSR count). The monoisotopic (exact) mass is 227 g/mol. The number of halogens is 2. The number of rotatable bonds is 1. The molecule has 0 aliphatic carbocycles. The van der Waals surface area contributed by atoms with Crippen LogP contribution in [0.4, 0.5) is 5.69 Å². The molecule has 14 heavy (non-hydrogen) atoms. The summed E-state index contributed by atoms with van der Waals surface area (Å²) in [6, 6.07) is 7.49. The fraction of sp³-hybridized carbons (Fsp3) is 0.200. The lowest BCUT2D eigenvalue weighted by molar-refractivity contribution is -0.108. The van der Waals surface area contributed by atoms with Crippen molar-refractivity contribution in [1.82, 2.24) is 0 Å². The Hall–Kier alpha value is -0.860. The van der Waals surface area contributed by atoms with Gasteiger partial charge in [0.1, 0.15) is 11.5 Å². The summed E-state index contributed by atoms with van der Waals surface area (Å²) in [7, 11) is 0. The van der Waals surface area contributed by atoms with Gasteiger partial charge in [-0.25, -0.2) is 4.99 Å². The third-order valence-corrected chi connectivity index (χ3v) is 3.11. The molecule has 1 atom stereocenters. The van der Waals surface area contributed by atoms with Crippen molar-refractivity contribution in [2.75, 3.05) is 0 Å². The third-order valence-electron chi connectivity index (χ3n) is 2.19. The predicted octanol–water partition coefficient (Wildman–Crippen LogP) is 2.69. The van der Waals surface area contributed by atoms with Gasteiger partial charge in [0.15, 0.2) is 4.87 Å². The first-order valence-corrected chi connectivity index (χ1v) is 4.89. The molecule has 72 valence electrons. The Morgan fingerprint density at radius 2 is 2.14 bits per heavy atom. The summed E-state index contributed by atoms with van der Waals surface area (Å²) in [5.74, 6) is 0. The standard InChI is InChI=1S/C10H7Cl2NO/c11-9-10(12,6-14)5-7-3-1-2-4-8(7)13-9/h1-4,6H,5H2. The molecule has 0 bridgehead atoms. The minimum Gasteiger partial charge on any atom is -0.301 e. The molecule has 0 fully saturated rings. The molecule has 1 heterocycles. The maximum Gasteiger partial charge on any atom is 0.156 e. The molecule has 1 unspecified atom stereocenters. The van der Waals surface area contributed by atoms with Gasteiger partial charge >= 0.3 is 0 Å². The second kappa shape index (κ2) is 3.37. The number of nitrogens with zero attached hydrogens (tertiary/aromatic N) is 1. The van der Waals surface area contributed by atoms with E-state index in [0.29, 0.717) is 12.7 Å². The highest BCUT2D eigenvalue weighted by Crippen LogP contribution is 2.34. The summed E-state index contributed by atoms with van der Waals surface area (Å²) in [5.41, 5.74) is 1.73. The van der Waals surface area contributed by atoms with Crippen LogP contribution in [0.25, 0.3) is 0 Å². The number of alkyl halides is 1. The Morgan fingerprint density at radius 3 is 2.86 bits per heavy atom. The highest BCUT2D eigenvalue weighted by molar-refractivity contribution is 6.75. The summed E-state index contributed by atoms with van der Waals surface area (Å²) < 4.78 is 0. The normalized spacial score (nSPS) is 25.1. The lowest BCUT2D eigenvalue weighted by Gasteiger charge is -2.24. The van der Waals surface area contributed by atoms with Gasteiger partial charge in [-0.1, -0.05) is 29.8 Å². The van der Waals surface area contributed by atoms with Gasteiger partial charge in [-0.15, -0.1) is 11.6 Å². The van der Waals surface area contributed by atoms with Gasteiger partial charge in [0.2, 0.25) is 0 Å². The summed E-state index contributed by atoms with van der Waals surface area (Å²) >= 11 is 11.8. The van der Waals surface area contributed by atoms with Crippen molar-refractivity contribution >= 4 is 40.3 Å². The number of aldehydes is 1. The smallest absolute Gasteiger partial charge is 0.156 e. The zero-order chi connectivity index (χ0) is 10.2. The number of fused-ring (bicyclic) bond motifs is 1. The molecule has 1 aliphatic heterocycles. The van der Waals surface area contributed by atoms with Crippen LogP contribution in [0.2, 0.25) is 0 Å². The number of aliphatic imine (C=N–C) groups is 1. The topological polar surface area (TPSA) is 29.4 Å². The van der Waals surface area contributed by atoms with Crippen molar-refractivity contribution in [3.8, 4) is 0 Å². The first-order chi connectivity index (χ1) is 6.65. The molecule has 0 spiro atoms. The van der Waals surface area contributed by atoms with Gasteiger partial charge in [-0.3, -0.25) is 0 Å². The van der Waals surface area contributed by atoms with Gasteiger partial charge < -0.3 is 4.79 Å². The fourth-order valence-corrected chi connectivity index (χ4v) is 1.80. The van der Waals surface area contributed by atoms with Crippen molar-refractivity contribution in [2.45, 2.75) is 11.3 Å². The second-order valence-electron chi connectivity index (χ2n) is 3.19. The van der Waals surface area contributed by atoms with Crippen LogP contribution < -0.4 is 0 Å². The van der Waals surface area contributed by atoms with Crippen LogP contribution >= 0.6 is 23.2 Å². The van der Waals surface area contributed by atoms with Crippen LogP contribution in [0.15, 0.2) is 29.3 Å². The SMILES string of the molecule is O=CC1(Cl)Cc2ccccc2N=C1Cl. The van der Waals surface area contributed by atoms with E-state index in [1.54, 1.807) is 0 Å². The van der Waals surface area contributed by atoms with E-state index in [1.165, 1.54) is 0 Å². The number of hydrogen-bond donors (Lipinski definition) is 0. The van der Waals surface area contributed by atoms with Gasteiger partial charge in [0.25, 0.3) is 0 Å². The molecule has 0 saturated heterocycles. The Morgan fingerprint density at radius 1 is 1.43 bits per heavy atom. The molecule has 0 N–H and O–H groups in total. The molecular weight excluding hydrogens is 221 g/mol. The van der Waals surface area contributed by atoms with Crippen LogP contribution in [-0.2, 0) is 11.2 Å². The van der Waals surface area contributed by atoms with Crippen molar-refractivity contribution in [1.29, 1.82) is 0 Å². The van der Waals surface area contributed by atoms with E-state index >= 15 is 0 Å². The molecule has 1 aromatic rings. The van der Waals surface area contributed by atoms with Crippen LogP contribution in [0.3, 0.4) is 0 Å². The molecule has 1 aromatic carbocycles. The molecule has 0 amide bonds. The maximum atomic E-state index is 10.8. The van der Waals surface area contributed by atoms with E-state index in [9.17, 15) is 4.79 Å². The Bertz CT molecular complexity index is 416. The van der Waals surface area contributed by atoms with Crippen LogP contribution in [-0.4, -0.2) is 16.3 Å². The van der Waals surface area contributed by atoms with E-state index in [0.717, 1.165) is 11.3 Å². The Balaban J connectivity index is 2.53. The summed E-state index contributed by atoms with van der Waals surface area (Å²) in [6.07, 6.45) is 1.03. The molecule has 0 radical (unpaired) electrons. The zero-order valence-electron chi connectivity index (χ0n) is 7.21. The van der Waals surface area contributed by atoms with E-state index in [-0.39, 0.29) is 5.17 Å². The quantitative estimate of drug-likeness (QED) is 0.536. The van der Waals surface area contributed by atoms with E-state index < -0.39 is 4.87 Å². The lowest BCUT2D eigenvalue weighted by Crippen LogP contribution is -2.35. The average Bonchev–Trinajstić information content (AvgIpc) is 2.20. The first kappa shape index (κ1) is 9.69. The molecular formula is C10H7Cl2NO. The van der Waals surface area contributed by atoms with Gasteiger partial charge in [0, 0.05) is 6.42 Å².